The Kier molecular flexibility index (Phi) is 4.82. The molecule has 6 heteroatoms. The fourth-order valence-corrected chi connectivity index (χ4v) is 2.52. The van der Waals surface area contributed by atoms with Crippen molar-refractivity contribution in [2.75, 3.05) is 18.4 Å². The van der Waals surface area contributed by atoms with E-state index in [1.807, 2.05) is 26.8 Å². The highest BCUT2D eigenvalue weighted by Crippen LogP contribution is 2.29. The predicted octanol–water partition coefficient (Wildman–Crippen LogP) is 4.31. The average Bonchev–Trinajstić information content (AvgIpc) is 2.85. The molecule has 1 aliphatic heterocycles. The normalized spacial score (nSPS) is 18.0. The van der Waals surface area contributed by atoms with Gasteiger partial charge in [-0.2, -0.15) is 0 Å². The number of amides is 1. The van der Waals surface area contributed by atoms with Crippen molar-refractivity contribution in [2.24, 2.45) is 0 Å². The Labute approximate surface area is 136 Å². The number of ether oxygens (including phenoxy) is 1. The van der Waals surface area contributed by atoms with Crippen LogP contribution in [0.1, 0.15) is 27.2 Å². The van der Waals surface area contributed by atoms with E-state index in [0.29, 0.717) is 23.8 Å². The van der Waals surface area contributed by atoms with Crippen LogP contribution in [0.5, 0.6) is 0 Å². The molecule has 1 aliphatic rings. The van der Waals surface area contributed by atoms with E-state index in [-0.39, 0.29) is 12.1 Å². The zero-order valence-corrected chi connectivity index (χ0v) is 13.8. The lowest BCUT2D eigenvalue weighted by molar-refractivity contribution is 0.0293. The number of carbonyl (C=O) groups excluding carboxylic acids is 1. The van der Waals surface area contributed by atoms with Gasteiger partial charge in [0.15, 0.2) is 0 Å². The third kappa shape index (κ3) is 4.28. The number of hydrogen-bond donors (Lipinski definition) is 1. The molecule has 1 fully saturated rings. The maximum atomic E-state index is 12.0. The molecule has 1 aromatic carbocycles. The quantitative estimate of drug-likeness (QED) is 0.825. The minimum absolute atomic E-state index is 0.155. The Balaban J connectivity index is 1.93. The topological polar surface area (TPSA) is 45.9 Å². The second-order valence-electron chi connectivity index (χ2n) is 6.33. The van der Waals surface area contributed by atoms with Crippen molar-refractivity contribution in [1.29, 1.82) is 0 Å². The van der Waals surface area contributed by atoms with Crippen molar-refractivity contribution in [3.05, 3.63) is 34.6 Å². The molecule has 0 unspecified atom stereocenters. The summed E-state index contributed by atoms with van der Waals surface area (Å²) >= 11 is 6.03. The van der Waals surface area contributed by atoms with Crippen molar-refractivity contribution in [1.82, 2.24) is 4.90 Å². The highest BCUT2D eigenvalue weighted by Gasteiger charge is 2.29. The third-order valence-corrected chi connectivity index (χ3v) is 3.58. The molecule has 0 aromatic heterocycles. The zero-order valence-electron chi connectivity index (χ0n) is 13.0. The van der Waals surface area contributed by atoms with Crippen molar-refractivity contribution in [3.8, 4) is 0 Å². The number of benzene rings is 1. The van der Waals surface area contributed by atoms with E-state index in [9.17, 15) is 4.79 Å². The van der Waals surface area contributed by atoms with Gasteiger partial charge in [-0.3, -0.25) is 0 Å². The summed E-state index contributed by atoms with van der Waals surface area (Å²) in [7, 11) is 0. The van der Waals surface area contributed by atoms with Gasteiger partial charge in [0.2, 0.25) is 5.69 Å². The van der Waals surface area contributed by atoms with Gasteiger partial charge in [0.25, 0.3) is 0 Å². The molecule has 0 saturated carbocycles. The van der Waals surface area contributed by atoms with Crippen molar-refractivity contribution in [3.63, 3.8) is 0 Å². The molecular formula is C16H20ClN3O2. The number of hydrogen-bond acceptors (Lipinski definition) is 3. The van der Waals surface area contributed by atoms with Gasteiger partial charge < -0.3 is 15.0 Å². The molecule has 1 N–H and O–H groups in total. The van der Waals surface area contributed by atoms with Gasteiger partial charge in [0, 0.05) is 29.8 Å². The molecule has 0 spiro atoms. The molecule has 118 valence electrons. The van der Waals surface area contributed by atoms with Gasteiger partial charge in [-0.05, 0) is 39.3 Å². The minimum atomic E-state index is -0.480. The summed E-state index contributed by atoms with van der Waals surface area (Å²) in [5.41, 5.74) is 0.814. The summed E-state index contributed by atoms with van der Waals surface area (Å²) in [6, 6.07) is 5.42. The maximum Gasteiger partial charge on any atom is 0.410 e. The smallest absolute Gasteiger partial charge is 0.410 e. The second-order valence-corrected chi connectivity index (χ2v) is 6.74. The van der Waals surface area contributed by atoms with Gasteiger partial charge in [0.05, 0.1) is 6.57 Å². The van der Waals surface area contributed by atoms with Gasteiger partial charge >= 0.3 is 6.09 Å². The Hall–Kier alpha value is -1.93. The molecule has 5 nitrogen and oxygen atoms in total. The van der Waals surface area contributed by atoms with Crippen molar-refractivity contribution in [2.45, 2.75) is 38.8 Å². The predicted molar refractivity (Wildman–Crippen MR) is 87.5 cm³/mol. The fourth-order valence-electron chi connectivity index (χ4n) is 2.29. The van der Waals surface area contributed by atoms with Crippen LogP contribution in [0.2, 0.25) is 5.02 Å². The Morgan fingerprint density at radius 3 is 2.82 bits per heavy atom. The van der Waals surface area contributed by atoms with Gasteiger partial charge in [-0.1, -0.05) is 17.7 Å². The molecule has 1 aromatic rings. The van der Waals surface area contributed by atoms with Crippen LogP contribution in [-0.4, -0.2) is 35.7 Å². The molecule has 1 saturated heterocycles. The molecule has 1 amide bonds. The Morgan fingerprint density at radius 1 is 1.50 bits per heavy atom. The molecule has 0 bridgehead atoms. The molecule has 22 heavy (non-hydrogen) atoms. The zero-order chi connectivity index (χ0) is 16.3. The monoisotopic (exact) mass is 321 g/mol. The largest absolute Gasteiger partial charge is 0.444 e. The van der Waals surface area contributed by atoms with Crippen LogP contribution in [-0.2, 0) is 4.74 Å². The first-order valence-corrected chi connectivity index (χ1v) is 7.58. The van der Waals surface area contributed by atoms with E-state index in [0.717, 1.165) is 12.1 Å². The minimum Gasteiger partial charge on any atom is -0.444 e. The van der Waals surface area contributed by atoms with Crippen molar-refractivity contribution >= 4 is 29.1 Å². The third-order valence-electron chi connectivity index (χ3n) is 3.28. The van der Waals surface area contributed by atoms with E-state index in [2.05, 4.69) is 10.2 Å². The van der Waals surface area contributed by atoms with Crippen LogP contribution in [0.4, 0.5) is 16.2 Å². The van der Waals surface area contributed by atoms with Crippen LogP contribution in [0, 0.1) is 6.57 Å². The number of likely N-dealkylation sites (tertiary alicyclic amines) is 1. The fraction of sp³-hybridized carbons (Fsp3) is 0.500. The number of nitrogens with one attached hydrogen (secondary N) is 1. The molecule has 0 aliphatic carbocycles. The van der Waals surface area contributed by atoms with Crippen LogP contribution in [0.15, 0.2) is 18.2 Å². The van der Waals surface area contributed by atoms with Crippen molar-refractivity contribution < 1.29 is 9.53 Å². The Bertz CT molecular complexity index is 604. The lowest BCUT2D eigenvalue weighted by Gasteiger charge is -2.24. The molecule has 0 radical (unpaired) electrons. The summed E-state index contributed by atoms with van der Waals surface area (Å²) < 4.78 is 5.37. The summed E-state index contributed by atoms with van der Waals surface area (Å²) in [6.07, 6.45) is 0.569. The van der Waals surface area contributed by atoms with Gasteiger partial charge in [0.1, 0.15) is 5.60 Å². The first-order chi connectivity index (χ1) is 10.3. The second kappa shape index (κ2) is 6.45. The van der Waals surface area contributed by atoms with Crippen LogP contribution >= 0.6 is 11.6 Å². The highest BCUT2D eigenvalue weighted by molar-refractivity contribution is 6.33. The SMILES string of the molecule is [C-]#[N+]c1ccc(N[C@H]2CCN(C(=O)OC(C)(C)C)C2)cc1Cl. The number of halogens is 1. The lowest BCUT2D eigenvalue weighted by atomic mass is 10.2. The van der Waals surface area contributed by atoms with E-state index in [1.54, 1.807) is 17.0 Å². The standard InChI is InChI=1S/C16H20ClN3O2/c1-16(2,3)22-15(21)20-8-7-12(10-20)19-11-5-6-14(18-4)13(17)9-11/h5-6,9,12,19H,7-8,10H2,1-3H3/t12-/m0/s1. The number of anilines is 1. The summed E-state index contributed by atoms with van der Waals surface area (Å²) in [5, 5.41) is 3.78. The van der Waals surface area contributed by atoms with E-state index >= 15 is 0 Å². The van der Waals surface area contributed by atoms with Crippen LogP contribution in [0.3, 0.4) is 0 Å². The highest BCUT2D eigenvalue weighted by atomic mass is 35.5. The van der Waals surface area contributed by atoms with Gasteiger partial charge in [-0.25, -0.2) is 9.64 Å². The molecule has 2 rings (SSSR count). The molecular weight excluding hydrogens is 302 g/mol. The summed E-state index contributed by atoms with van der Waals surface area (Å²) in [6.45, 7) is 13.8. The van der Waals surface area contributed by atoms with Crippen LogP contribution in [0.25, 0.3) is 4.85 Å². The Morgan fingerprint density at radius 2 is 2.23 bits per heavy atom. The lowest BCUT2D eigenvalue weighted by Crippen LogP contribution is -2.36. The van der Waals surface area contributed by atoms with E-state index < -0.39 is 5.60 Å². The van der Waals surface area contributed by atoms with E-state index in [4.69, 9.17) is 22.9 Å². The number of nitrogens with zero attached hydrogens (tertiary/aromatic N) is 2. The van der Waals surface area contributed by atoms with Crippen LogP contribution < -0.4 is 5.32 Å². The van der Waals surface area contributed by atoms with E-state index in [1.165, 1.54) is 0 Å². The summed E-state index contributed by atoms with van der Waals surface area (Å²) in [5.74, 6) is 0. The average molecular weight is 322 g/mol. The molecule has 1 atom stereocenters. The number of carbonyl (C=O) groups is 1. The first kappa shape index (κ1) is 16.4. The first-order valence-electron chi connectivity index (χ1n) is 7.20. The van der Waals surface area contributed by atoms with Gasteiger partial charge in [-0.15, -0.1) is 0 Å². The molecule has 1 heterocycles. The maximum absolute atomic E-state index is 12.0. The number of rotatable bonds is 2. The summed E-state index contributed by atoms with van der Waals surface area (Å²) in [4.78, 5) is 17.1.